The van der Waals surface area contributed by atoms with Crippen molar-refractivity contribution in [2.24, 2.45) is 0 Å². The molecule has 1 atom stereocenters. The highest BCUT2D eigenvalue weighted by Crippen LogP contribution is 2.51. The number of hydrogen-bond acceptors (Lipinski definition) is 8. The molecule has 0 radical (unpaired) electrons. The summed E-state index contributed by atoms with van der Waals surface area (Å²) in [6.45, 7) is 1.88. The fraction of sp³-hybridized carbons (Fsp3) is 0.212. The molecule has 0 saturated carbocycles. The Morgan fingerprint density at radius 3 is 1.72 bits per heavy atom. The van der Waals surface area contributed by atoms with Crippen LogP contribution < -0.4 is 9.84 Å². The second kappa shape index (κ2) is 15.7. The Bertz CT molecular complexity index is 1470. The zero-order chi connectivity index (χ0) is 30.5. The smallest absolute Gasteiger partial charge is 0.467 e. The van der Waals surface area contributed by atoms with Gasteiger partial charge in [-0.1, -0.05) is 103 Å². The molecule has 0 saturated heterocycles. The van der Waals surface area contributed by atoms with Crippen molar-refractivity contribution < 1.29 is 37.2 Å². The number of phosphoric acid groups is 1. The Kier molecular flexibility index (Phi) is 11.5. The summed E-state index contributed by atoms with van der Waals surface area (Å²) in [4.78, 5) is 24.9. The third-order valence-corrected chi connectivity index (χ3v) is 7.66. The number of phosphoric ester groups is 1. The summed E-state index contributed by atoms with van der Waals surface area (Å²) < 4.78 is 41.2. The lowest BCUT2D eigenvalue weighted by Crippen LogP contribution is -2.43. The molecular formula is C33H34NO8P. The number of methoxy groups -OCH3 is 1. The monoisotopic (exact) mass is 603 g/mol. The quantitative estimate of drug-likeness (QED) is 0.122. The van der Waals surface area contributed by atoms with Crippen molar-refractivity contribution in [1.82, 2.24) is 5.32 Å². The van der Waals surface area contributed by atoms with E-state index in [1.165, 1.54) is 7.11 Å². The van der Waals surface area contributed by atoms with Crippen LogP contribution in [0.1, 0.15) is 27.8 Å². The van der Waals surface area contributed by atoms with E-state index in [0.717, 1.165) is 16.7 Å². The first-order valence-electron chi connectivity index (χ1n) is 13.6. The van der Waals surface area contributed by atoms with Gasteiger partial charge < -0.3 is 19.3 Å². The molecule has 4 aromatic carbocycles. The summed E-state index contributed by atoms with van der Waals surface area (Å²) in [7, 11) is -2.82. The Balaban J connectivity index is 1.43. The fourth-order valence-corrected chi connectivity index (χ4v) is 5.33. The largest absolute Gasteiger partial charge is 0.530 e. The average molecular weight is 604 g/mol. The number of rotatable bonds is 14. The molecule has 0 unspecified atom stereocenters. The molecule has 0 aliphatic carbocycles. The van der Waals surface area contributed by atoms with Crippen LogP contribution in [0.3, 0.4) is 0 Å². The topological polar surface area (TPSA) is 109 Å². The van der Waals surface area contributed by atoms with Crippen molar-refractivity contribution in [3.8, 4) is 5.75 Å². The van der Waals surface area contributed by atoms with Crippen molar-refractivity contribution in [3.05, 3.63) is 137 Å². The van der Waals surface area contributed by atoms with Crippen molar-refractivity contribution in [3.63, 3.8) is 0 Å². The summed E-state index contributed by atoms with van der Waals surface area (Å²) in [6.07, 6.45) is -0.621. The molecule has 0 bridgehead atoms. The van der Waals surface area contributed by atoms with Crippen LogP contribution in [0.2, 0.25) is 0 Å². The summed E-state index contributed by atoms with van der Waals surface area (Å²) in [5, 5.41) is 2.57. The van der Waals surface area contributed by atoms with Gasteiger partial charge in [0, 0.05) is 6.42 Å². The highest BCUT2D eigenvalue weighted by atomic mass is 31.2. The van der Waals surface area contributed by atoms with Gasteiger partial charge in [0.05, 0.1) is 20.3 Å². The van der Waals surface area contributed by atoms with Gasteiger partial charge in [-0.3, -0.25) is 9.05 Å². The van der Waals surface area contributed by atoms with E-state index in [2.05, 4.69) is 5.32 Å². The van der Waals surface area contributed by atoms with Gasteiger partial charge in [-0.2, -0.15) is 0 Å². The van der Waals surface area contributed by atoms with E-state index < -0.39 is 25.9 Å². The van der Waals surface area contributed by atoms with E-state index in [1.807, 2.05) is 91.0 Å². The molecule has 4 rings (SSSR count). The zero-order valence-electron chi connectivity index (χ0n) is 24.0. The Morgan fingerprint density at radius 2 is 1.23 bits per heavy atom. The number of carbonyl (C=O) groups excluding carboxylic acids is 2. The summed E-state index contributed by atoms with van der Waals surface area (Å²) in [5.74, 6) is -0.333. The molecule has 0 heterocycles. The van der Waals surface area contributed by atoms with Crippen LogP contribution in [0.25, 0.3) is 0 Å². The van der Waals surface area contributed by atoms with E-state index in [4.69, 9.17) is 23.0 Å². The molecular weight excluding hydrogens is 569 g/mol. The van der Waals surface area contributed by atoms with Crippen molar-refractivity contribution in [2.45, 2.75) is 39.2 Å². The standard InChI is InChI=1S/C33H34NO8P/c1-25-20-29(21-30(32(35)38-2)34-33(36)39-22-26-12-6-3-7-13-26)18-19-31(25)42-43(37,40-23-27-14-8-4-9-15-27)41-24-28-16-10-5-11-17-28/h3-20,30H,21-24H2,1-2H3,(H,34,36)/t30-/m0/s1. The van der Waals surface area contributed by atoms with Gasteiger partial charge in [-0.15, -0.1) is 0 Å². The van der Waals surface area contributed by atoms with Gasteiger partial charge in [-0.05, 0) is 40.8 Å². The predicted octanol–water partition coefficient (Wildman–Crippen LogP) is 6.93. The molecule has 224 valence electrons. The lowest BCUT2D eigenvalue weighted by atomic mass is 10.0. The molecule has 0 aliphatic heterocycles. The van der Waals surface area contributed by atoms with Crippen molar-refractivity contribution in [2.75, 3.05) is 7.11 Å². The van der Waals surface area contributed by atoms with Gasteiger partial charge in [0.15, 0.2) is 0 Å². The van der Waals surface area contributed by atoms with E-state index >= 15 is 0 Å². The second-order valence-electron chi connectivity index (χ2n) is 9.64. The molecule has 43 heavy (non-hydrogen) atoms. The fourth-order valence-electron chi connectivity index (χ4n) is 4.09. The second-order valence-corrected chi connectivity index (χ2v) is 11.2. The number of carbonyl (C=O) groups is 2. The molecule has 10 heteroatoms. The van der Waals surface area contributed by atoms with E-state index in [9.17, 15) is 14.2 Å². The normalized spacial score (nSPS) is 11.8. The van der Waals surface area contributed by atoms with Gasteiger partial charge in [0.25, 0.3) is 0 Å². The van der Waals surface area contributed by atoms with Crippen LogP contribution in [-0.2, 0) is 54.1 Å². The minimum absolute atomic E-state index is 0.0247. The number of benzene rings is 4. The summed E-state index contributed by atoms with van der Waals surface area (Å²) in [6, 6.07) is 31.9. The number of esters is 1. The molecule has 0 aliphatic rings. The number of aryl methyl sites for hydroxylation is 1. The molecule has 0 spiro atoms. The number of amides is 1. The average Bonchev–Trinajstić information content (AvgIpc) is 3.04. The number of hydrogen-bond donors (Lipinski definition) is 1. The first kappa shape index (κ1) is 31.5. The Labute approximate surface area is 251 Å². The van der Waals surface area contributed by atoms with Gasteiger partial charge in [0.1, 0.15) is 18.4 Å². The Hall–Kier alpha value is -4.43. The number of nitrogens with one attached hydrogen (secondary N) is 1. The van der Waals surface area contributed by atoms with Crippen LogP contribution in [0, 0.1) is 6.92 Å². The lowest BCUT2D eigenvalue weighted by Gasteiger charge is -2.21. The SMILES string of the molecule is COC(=O)[C@H](Cc1ccc(OP(=O)(OCc2ccccc2)OCc2ccccc2)c(C)c1)NC(=O)OCc1ccccc1. The molecule has 9 nitrogen and oxygen atoms in total. The highest BCUT2D eigenvalue weighted by Gasteiger charge is 2.30. The first-order chi connectivity index (χ1) is 20.8. The minimum Gasteiger partial charge on any atom is -0.467 e. The van der Waals surface area contributed by atoms with Crippen molar-refractivity contribution >= 4 is 19.9 Å². The summed E-state index contributed by atoms with van der Waals surface area (Å²) in [5.41, 5.74) is 3.76. The molecule has 0 aromatic heterocycles. The third kappa shape index (κ3) is 10.1. The number of alkyl carbamates (subject to hydrolysis) is 1. The van der Waals surface area contributed by atoms with Gasteiger partial charge in [-0.25, -0.2) is 14.2 Å². The molecule has 1 amide bonds. The van der Waals surface area contributed by atoms with Crippen LogP contribution >= 0.6 is 7.82 Å². The maximum absolute atomic E-state index is 13.8. The highest BCUT2D eigenvalue weighted by molar-refractivity contribution is 7.48. The van der Waals surface area contributed by atoms with Crippen LogP contribution in [-0.4, -0.2) is 25.2 Å². The van der Waals surface area contributed by atoms with Crippen LogP contribution in [0.4, 0.5) is 4.79 Å². The lowest BCUT2D eigenvalue weighted by molar-refractivity contribution is -0.143. The third-order valence-electron chi connectivity index (χ3n) is 6.34. The molecule has 0 fully saturated rings. The van der Waals surface area contributed by atoms with Crippen molar-refractivity contribution in [1.29, 1.82) is 0 Å². The minimum atomic E-state index is -4.06. The van der Waals surface area contributed by atoms with Gasteiger partial charge >= 0.3 is 19.9 Å². The molecule has 1 N–H and O–H groups in total. The van der Waals surface area contributed by atoms with E-state index in [1.54, 1.807) is 25.1 Å². The maximum Gasteiger partial charge on any atom is 0.530 e. The zero-order valence-corrected chi connectivity index (χ0v) is 24.9. The van der Waals surface area contributed by atoms with Gasteiger partial charge in [0.2, 0.25) is 0 Å². The maximum atomic E-state index is 13.8. The molecule has 4 aromatic rings. The van der Waals surface area contributed by atoms with Crippen LogP contribution in [0.15, 0.2) is 109 Å². The van der Waals surface area contributed by atoms with E-state index in [0.29, 0.717) is 11.1 Å². The summed E-state index contributed by atoms with van der Waals surface area (Å²) >= 11 is 0. The first-order valence-corrected chi connectivity index (χ1v) is 15.1. The van der Waals surface area contributed by atoms with Crippen LogP contribution in [0.5, 0.6) is 5.75 Å². The Morgan fingerprint density at radius 1 is 0.721 bits per heavy atom. The van der Waals surface area contributed by atoms with E-state index in [-0.39, 0.29) is 32.0 Å². The predicted molar refractivity (Wildman–Crippen MR) is 161 cm³/mol. The number of ether oxygens (including phenoxy) is 2.